The third-order valence-electron chi connectivity index (χ3n) is 7.34. The van der Waals surface area contributed by atoms with Gasteiger partial charge in [0.2, 0.25) is 0 Å². The number of likely N-dealkylation sites (tertiary alicyclic amines) is 1. The van der Waals surface area contributed by atoms with Crippen LogP contribution in [0.3, 0.4) is 0 Å². The minimum absolute atomic E-state index is 0.00305. The summed E-state index contributed by atoms with van der Waals surface area (Å²) in [4.78, 5) is 30.5. The molecule has 1 saturated carbocycles. The SMILES string of the molecule is CC1Cc2cc(/C(O)=C3/C(=O)C(=O)N(C4CCCCC4)C3c3ccc(N(C)C)cc3)ccc2O1. The van der Waals surface area contributed by atoms with Crippen LogP contribution in [0.15, 0.2) is 48.0 Å². The first kappa shape index (κ1) is 22.5. The van der Waals surface area contributed by atoms with Crippen molar-refractivity contribution in [3.8, 4) is 5.75 Å². The van der Waals surface area contributed by atoms with E-state index in [1.165, 1.54) is 0 Å². The molecule has 1 aliphatic carbocycles. The van der Waals surface area contributed by atoms with Crippen LogP contribution >= 0.6 is 0 Å². The first-order valence-corrected chi connectivity index (χ1v) is 12.2. The van der Waals surface area contributed by atoms with Gasteiger partial charge in [-0.05, 0) is 61.2 Å². The predicted octanol–water partition coefficient (Wildman–Crippen LogP) is 4.83. The quantitative estimate of drug-likeness (QED) is 0.402. The average Bonchev–Trinajstić information content (AvgIpc) is 3.34. The highest BCUT2D eigenvalue weighted by Gasteiger charge is 2.48. The Hall–Kier alpha value is -3.28. The first-order valence-electron chi connectivity index (χ1n) is 12.2. The number of nitrogens with zero attached hydrogens (tertiary/aromatic N) is 2. The number of amides is 1. The number of hydrogen-bond donors (Lipinski definition) is 1. The number of carbonyl (C=O) groups excluding carboxylic acids is 2. The maximum atomic E-state index is 13.4. The van der Waals surface area contributed by atoms with Gasteiger partial charge in [0, 0.05) is 37.8 Å². The van der Waals surface area contributed by atoms with Gasteiger partial charge >= 0.3 is 0 Å². The van der Waals surface area contributed by atoms with Crippen LogP contribution in [-0.4, -0.2) is 47.9 Å². The summed E-state index contributed by atoms with van der Waals surface area (Å²) in [5.74, 6) is -0.411. The lowest BCUT2D eigenvalue weighted by molar-refractivity contribution is -0.141. The van der Waals surface area contributed by atoms with Gasteiger partial charge in [0.05, 0.1) is 11.6 Å². The van der Waals surface area contributed by atoms with Crippen molar-refractivity contribution in [3.63, 3.8) is 0 Å². The van der Waals surface area contributed by atoms with E-state index in [9.17, 15) is 14.7 Å². The topological polar surface area (TPSA) is 70.1 Å². The van der Waals surface area contributed by atoms with Gasteiger partial charge in [-0.3, -0.25) is 9.59 Å². The van der Waals surface area contributed by atoms with Crippen molar-refractivity contribution in [1.29, 1.82) is 0 Å². The molecule has 2 aromatic rings. The van der Waals surface area contributed by atoms with E-state index in [1.54, 1.807) is 11.0 Å². The molecule has 2 heterocycles. The van der Waals surface area contributed by atoms with Crippen LogP contribution in [0.4, 0.5) is 5.69 Å². The van der Waals surface area contributed by atoms with Crippen LogP contribution in [0, 0.1) is 0 Å². The maximum absolute atomic E-state index is 13.4. The summed E-state index contributed by atoms with van der Waals surface area (Å²) in [7, 11) is 3.95. The van der Waals surface area contributed by atoms with E-state index in [-0.39, 0.29) is 23.5 Å². The van der Waals surface area contributed by atoms with Crippen LogP contribution in [-0.2, 0) is 16.0 Å². The van der Waals surface area contributed by atoms with Crippen molar-refractivity contribution >= 4 is 23.1 Å². The van der Waals surface area contributed by atoms with Gasteiger partial charge in [-0.25, -0.2) is 0 Å². The van der Waals surface area contributed by atoms with Gasteiger partial charge in [-0.15, -0.1) is 0 Å². The Bertz CT molecular complexity index is 1150. The highest BCUT2D eigenvalue weighted by molar-refractivity contribution is 6.46. The van der Waals surface area contributed by atoms with Crippen molar-refractivity contribution < 1.29 is 19.4 Å². The minimum atomic E-state index is -0.602. The molecule has 6 heteroatoms. The Labute approximate surface area is 200 Å². The summed E-state index contributed by atoms with van der Waals surface area (Å²) in [6.45, 7) is 2.01. The molecule has 2 aliphatic heterocycles. The number of Topliss-reactive ketones (excluding diaryl/α,β-unsaturated/α-hetero) is 1. The molecule has 2 fully saturated rings. The Morgan fingerprint density at radius 1 is 1.03 bits per heavy atom. The molecule has 0 bridgehead atoms. The van der Waals surface area contributed by atoms with Gasteiger partial charge in [-0.1, -0.05) is 31.4 Å². The van der Waals surface area contributed by atoms with Gasteiger partial charge in [-0.2, -0.15) is 0 Å². The van der Waals surface area contributed by atoms with Crippen LogP contribution in [0.2, 0.25) is 0 Å². The molecule has 1 N–H and O–H groups in total. The number of hydrogen-bond acceptors (Lipinski definition) is 5. The normalized spacial score (nSPS) is 24.3. The van der Waals surface area contributed by atoms with Crippen LogP contribution < -0.4 is 9.64 Å². The molecule has 2 unspecified atom stereocenters. The molecule has 1 saturated heterocycles. The van der Waals surface area contributed by atoms with Crippen molar-refractivity contribution in [2.45, 2.75) is 63.6 Å². The number of anilines is 1. The van der Waals surface area contributed by atoms with Gasteiger partial charge < -0.3 is 19.6 Å². The summed E-state index contributed by atoms with van der Waals surface area (Å²) in [5.41, 5.74) is 3.61. The highest BCUT2D eigenvalue weighted by Crippen LogP contribution is 2.44. The van der Waals surface area contributed by atoms with E-state index in [4.69, 9.17) is 4.74 Å². The average molecular weight is 461 g/mol. The Kier molecular flexibility index (Phi) is 5.84. The summed E-state index contributed by atoms with van der Waals surface area (Å²) in [5, 5.41) is 11.4. The number of fused-ring (bicyclic) bond motifs is 1. The zero-order valence-electron chi connectivity index (χ0n) is 20.1. The zero-order chi connectivity index (χ0) is 24.0. The molecule has 1 amide bonds. The Morgan fingerprint density at radius 2 is 1.74 bits per heavy atom. The van der Waals surface area contributed by atoms with Crippen molar-refractivity contribution in [2.24, 2.45) is 0 Å². The summed E-state index contributed by atoms with van der Waals surface area (Å²) < 4.78 is 5.79. The second-order valence-electron chi connectivity index (χ2n) is 9.94. The molecule has 2 atom stereocenters. The lowest BCUT2D eigenvalue weighted by Crippen LogP contribution is -2.40. The van der Waals surface area contributed by atoms with E-state index in [1.807, 2.05) is 62.3 Å². The molecular formula is C28H32N2O4. The second kappa shape index (κ2) is 8.82. The number of aliphatic hydroxyl groups is 1. The lowest BCUT2D eigenvalue weighted by atomic mass is 9.90. The van der Waals surface area contributed by atoms with E-state index in [2.05, 4.69) is 0 Å². The second-order valence-corrected chi connectivity index (χ2v) is 9.94. The fourth-order valence-corrected chi connectivity index (χ4v) is 5.59. The third-order valence-corrected chi connectivity index (χ3v) is 7.34. The van der Waals surface area contributed by atoms with E-state index in [0.29, 0.717) is 5.56 Å². The van der Waals surface area contributed by atoms with Crippen molar-refractivity contribution in [1.82, 2.24) is 4.90 Å². The number of aliphatic hydroxyl groups excluding tert-OH is 1. The molecular weight excluding hydrogens is 428 g/mol. The number of ketones is 1. The molecule has 5 rings (SSSR count). The summed E-state index contributed by atoms with van der Waals surface area (Å²) in [6.07, 6.45) is 5.84. The van der Waals surface area contributed by atoms with Gasteiger partial charge in [0.1, 0.15) is 17.6 Å². The van der Waals surface area contributed by atoms with Gasteiger partial charge in [0.15, 0.2) is 0 Å². The summed E-state index contributed by atoms with van der Waals surface area (Å²) in [6, 6.07) is 12.8. The minimum Gasteiger partial charge on any atom is -0.507 e. The molecule has 3 aliphatic rings. The molecule has 0 spiro atoms. The lowest BCUT2D eigenvalue weighted by Gasteiger charge is -2.35. The Morgan fingerprint density at radius 3 is 2.41 bits per heavy atom. The molecule has 0 aromatic heterocycles. The molecule has 6 nitrogen and oxygen atoms in total. The van der Waals surface area contributed by atoms with Crippen LogP contribution in [0.5, 0.6) is 5.75 Å². The largest absolute Gasteiger partial charge is 0.507 e. The van der Waals surface area contributed by atoms with E-state index < -0.39 is 17.7 Å². The van der Waals surface area contributed by atoms with Crippen LogP contribution in [0.1, 0.15) is 61.8 Å². The zero-order valence-corrected chi connectivity index (χ0v) is 20.1. The van der Waals surface area contributed by atoms with E-state index in [0.717, 1.165) is 61.1 Å². The standard InChI is InChI=1S/C28H32N2O4/c1-17-15-20-16-19(11-14-23(20)34-17)26(31)24-25(18-9-12-21(13-10-18)29(2)3)30(28(33)27(24)32)22-7-5-4-6-8-22/h9-14,16-17,22,25,31H,4-8,15H2,1-3H3/b26-24-. The van der Waals surface area contributed by atoms with Gasteiger partial charge in [0.25, 0.3) is 11.7 Å². The number of ether oxygens (including phenoxy) is 1. The van der Waals surface area contributed by atoms with E-state index >= 15 is 0 Å². The third kappa shape index (κ3) is 3.85. The molecule has 2 aromatic carbocycles. The number of carbonyl (C=O) groups is 2. The smallest absolute Gasteiger partial charge is 0.295 e. The first-order chi connectivity index (χ1) is 16.3. The number of benzene rings is 2. The Balaban J connectivity index is 1.62. The fraction of sp³-hybridized carbons (Fsp3) is 0.429. The van der Waals surface area contributed by atoms with Crippen molar-refractivity contribution in [3.05, 3.63) is 64.7 Å². The maximum Gasteiger partial charge on any atom is 0.295 e. The van der Waals surface area contributed by atoms with Crippen LogP contribution in [0.25, 0.3) is 5.76 Å². The molecule has 34 heavy (non-hydrogen) atoms. The molecule has 0 radical (unpaired) electrons. The highest BCUT2D eigenvalue weighted by atomic mass is 16.5. The number of rotatable bonds is 4. The monoisotopic (exact) mass is 460 g/mol. The molecule has 178 valence electrons. The summed E-state index contributed by atoms with van der Waals surface area (Å²) >= 11 is 0. The predicted molar refractivity (Wildman–Crippen MR) is 132 cm³/mol. The fourth-order valence-electron chi connectivity index (χ4n) is 5.59. The van der Waals surface area contributed by atoms with Crippen molar-refractivity contribution in [2.75, 3.05) is 19.0 Å².